The second kappa shape index (κ2) is 5.14. The van der Waals surface area contributed by atoms with Crippen molar-refractivity contribution in [1.29, 1.82) is 0 Å². The third-order valence-electron chi connectivity index (χ3n) is 2.39. The molecule has 0 spiro atoms. The maximum Gasteiger partial charge on any atom is 0.129 e. The fraction of sp³-hybridized carbons (Fsp3) is 0.615. The maximum atomic E-state index is 4.42. The van der Waals surface area contributed by atoms with E-state index in [4.69, 9.17) is 0 Å². The van der Waals surface area contributed by atoms with Crippen molar-refractivity contribution in [3.63, 3.8) is 0 Å². The van der Waals surface area contributed by atoms with Gasteiger partial charge in [-0.05, 0) is 32.3 Å². The van der Waals surface area contributed by atoms with E-state index in [1.165, 1.54) is 5.56 Å². The van der Waals surface area contributed by atoms with Crippen LogP contribution in [0.3, 0.4) is 0 Å². The van der Waals surface area contributed by atoms with Crippen molar-refractivity contribution >= 4 is 13.9 Å². The Bertz CT molecular complexity index is 325. The van der Waals surface area contributed by atoms with Crippen LogP contribution in [0.5, 0.6) is 0 Å². The molecule has 0 bridgehead atoms. The molecule has 0 unspecified atom stereocenters. The number of anilines is 1. The van der Waals surface area contributed by atoms with Crippen LogP contribution in [0, 0.1) is 6.92 Å². The highest BCUT2D eigenvalue weighted by Crippen LogP contribution is 2.52. The molecule has 1 N–H and O–H groups in total. The summed E-state index contributed by atoms with van der Waals surface area (Å²) in [6.45, 7) is 13.5. The first-order valence-corrected chi connectivity index (χ1v) is 7.20. The van der Waals surface area contributed by atoms with Gasteiger partial charge in [-0.15, -0.1) is 0 Å². The van der Waals surface area contributed by atoms with Gasteiger partial charge in [-0.2, -0.15) is 0 Å². The van der Waals surface area contributed by atoms with E-state index in [0.717, 1.165) is 5.82 Å². The van der Waals surface area contributed by atoms with Crippen LogP contribution in [-0.4, -0.2) is 15.8 Å². The zero-order valence-electron chi connectivity index (χ0n) is 11.2. The second-order valence-corrected chi connectivity index (χ2v) is 8.81. The highest BCUT2D eigenvalue weighted by molar-refractivity contribution is 7.61. The van der Waals surface area contributed by atoms with Crippen LogP contribution in [-0.2, 0) is 0 Å². The Kier molecular flexibility index (Phi) is 4.32. The predicted octanol–water partition coefficient (Wildman–Crippen LogP) is 4.41. The molecule has 90 valence electrons. The fourth-order valence-corrected chi connectivity index (χ4v) is 4.25. The molecule has 0 aliphatic rings. The van der Waals surface area contributed by atoms with Crippen molar-refractivity contribution in [3.05, 3.63) is 23.9 Å². The molecule has 0 fully saturated rings. The Hall–Kier alpha value is -0.620. The summed E-state index contributed by atoms with van der Waals surface area (Å²) in [5.41, 5.74) is 1.85. The number of nitrogens with one attached hydrogen (secondary N) is 1. The van der Waals surface area contributed by atoms with Crippen molar-refractivity contribution in [3.8, 4) is 0 Å². The van der Waals surface area contributed by atoms with Gasteiger partial charge in [0.25, 0.3) is 0 Å². The lowest BCUT2D eigenvalue weighted by Gasteiger charge is -2.35. The first-order valence-electron chi connectivity index (χ1n) is 5.79. The normalized spacial score (nSPS) is 13.9. The Morgan fingerprint density at radius 2 is 1.88 bits per heavy atom. The highest BCUT2D eigenvalue weighted by atomic mass is 31.1. The molecule has 1 atom stereocenters. The van der Waals surface area contributed by atoms with E-state index in [2.05, 4.69) is 63.7 Å². The molecule has 1 rings (SSSR count). The summed E-state index contributed by atoms with van der Waals surface area (Å²) in [6.07, 6.45) is 1.92. The van der Waals surface area contributed by atoms with Gasteiger partial charge in [-0.25, -0.2) is 4.98 Å². The SMILES string of the molecule is Cc1ccc(N[P@](C(C)C)C(C)(C)C)nc1. The number of nitrogens with zero attached hydrogens (tertiary/aromatic N) is 1. The van der Waals surface area contributed by atoms with Gasteiger partial charge in [-0.3, -0.25) is 0 Å². The Morgan fingerprint density at radius 1 is 1.25 bits per heavy atom. The zero-order chi connectivity index (χ0) is 12.3. The monoisotopic (exact) mass is 238 g/mol. The van der Waals surface area contributed by atoms with Crippen molar-refractivity contribution in [2.24, 2.45) is 0 Å². The molecule has 0 amide bonds. The molecule has 1 aromatic rings. The van der Waals surface area contributed by atoms with Gasteiger partial charge in [0.05, 0.1) is 0 Å². The largest absolute Gasteiger partial charge is 0.348 e. The van der Waals surface area contributed by atoms with Crippen molar-refractivity contribution in [2.75, 3.05) is 5.09 Å². The fourth-order valence-electron chi connectivity index (χ4n) is 1.73. The first kappa shape index (κ1) is 13.4. The third-order valence-corrected chi connectivity index (χ3v) is 5.33. The highest BCUT2D eigenvalue weighted by Gasteiger charge is 2.27. The molecular formula is C13H23N2P. The molecular weight excluding hydrogens is 215 g/mol. The summed E-state index contributed by atoms with van der Waals surface area (Å²) >= 11 is 0. The van der Waals surface area contributed by atoms with Gasteiger partial charge in [0.15, 0.2) is 0 Å². The van der Waals surface area contributed by atoms with Crippen LogP contribution >= 0.6 is 8.07 Å². The van der Waals surface area contributed by atoms with E-state index in [0.29, 0.717) is 10.8 Å². The lowest BCUT2D eigenvalue weighted by atomic mass is 10.3. The van der Waals surface area contributed by atoms with Crippen LogP contribution in [0.1, 0.15) is 40.2 Å². The molecule has 2 nitrogen and oxygen atoms in total. The van der Waals surface area contributed by atoms with Gasteiger partial charge in [0, 0.05) is 11.4 Å². The summed E-state index contributed by atoms with van der Waals surface area (Å²) in [6, 6.07) is 4.17. The van der Waals surface area contributed by atoms with Gasteiger partial charge in [0.2, 0.25) is 0 Å². The summed E-state index contributed by atoms with van der Waals surface area (Å²) in [5.74, 6) is 1.00. The Balaban J connectivity index is 2.80. The summed E-state index contributed by atoms with van der Waals surface area (Å²) in [5, 5.41) is 3.90. The number of aromatic nitrogens is 1. The van der Waals surface area contributed by atoms with E-state index in [9.17, 15) is 0 Å². The Labute approximate surface area is 101 Å². The number of rotatable bonds is 3. The topological polar surface area (TPSA) is 24.9 Å². The van der Waals surface area contributed by atoms with Gasteiger partial charge in [0.1, 0.15) is 5.82 Å². The van der Waals surface area contributed by atoms with Crippen LogP contribution < -0.4 is 5.09 Å². The molecule has 0 saturated carbocycles. The van der Waals surface area contributed by atoms with E-state index in [1.807, 2.05) is 6.20 Å². The third kappa shape index (κ3) is 3.75. The van der Waals surface area contributed by atoms with Gasteiger partial charge < -0.3 is 5.09 Å². The summed E-state index contributed by atoms with van der Waals surface area (Å²) in [4.78, 5) is 4.42. The summed E-state index contributed by atoms with van der Waals surface area (Å²) in [7, 11) is -0.259. The average Bonchev–Trinajstić information content (AvgIpc) is 2.14. The molecule has 0 aromatic carbocycles. The molecule has 0 saturated heterocycles. The van der Waals surface area contributed by atoms with Gasteiger partial charge >= 0.3 is 0 Å². The molecule has 16 heavy (non-hydrogen) atoms. The molecule has 1 aromatic heterocycles. The lowest BCUT2D eigenvalue weighted by Crippen LogP contribution is -2.21. The number of pyridine rings is 1. The van der Waals surface area contributed by atoms with Crippen LogP contribution in [0.4, 0.5) is 5.82 Å². The van der Waals surface area contributed by atoms with E-state index >= 15 is 0 Å². The zero-order valence-corrected chi connectivity index (χ0v) is 12.1. The van der Waals surface area contributed by atoms with E-state index < -0.39 is 0 Å². The van der Waals surface area contributed by atoms with Crippen molar-refractivity contribution in [1.82, 2.24) is 4.98 Å². The standard InChI is InChI=1S/C13H23N2P/c1-10(2)16(13(4,5)6)15-12-8-7-11(3)9-14-12/h7-10H,1-6H3,(H,14,15)/t16-/m1/s1. The minimum absolute atomic E-state index is 0.259. The molecule has 3 heteroatoms. The van der Waals surface area contributed by atoms with Crippen molar-refractivity contribution < 1.29 is 0 Å². The number of aryl methyl sites for hydroxylation is 1. The summed E-state index contributed by atoms with van der Waals surface area (Å²) < 4.78 is 0. The minimum Gasteiger partial charge on any atom is -0.348 e. The smallest absolute Gasteiger partial charge is 0.129 e. The quantitative estimate of drug-likeness (QED) is 0.789. The molecule has 0 aliphatic carbocycles. The van der Waals surface area contributed by atoms with Gasteiger partial charge in [-0.1, -0.05) is 40.7 Å². The first-order chi connectivity index (χ1) is 7.30. The number of hydrogen-bond acceptors (Lipinski definition) is 2. The van der Waals surface area contributed by atoms with Crippen molar-refractivity contribution in [2.45, 2.75) is 52.4 Å². The predicted molar refractivity (Wildman–Crippen MR) is 74.4 cm³/mol. The molecule has 1 heterocycles. The van der Waals surface area contributed by atoms with E-state index in [-0.39, 0.29) is 8.07 Å². The minimum atomic E-state index is -0.259. The molecule has 0 aliphatic heterocycles. The van der Waals surface area contributed by atoms with Crippen LogP contribution in [0.2, 0.25) is 0 Å². The lowest BCUT2D eigenvalue weighted by molar-refractivity contribution is 0.772. The van der Waals surface area contributed by atoms with E-state index in [1.54, 1.807) is 0 Å². The average molecular weight is 238 g/mol. The second-order valence-electron chi connectivity index (χ2n) is 5.47. The maximum absolute atomic E-state index is 4.42. The molecule has 0 radical (unpaired) electrons. The van der Waals surface area contributed by atoms with Crippen LogP contribution in [0.15, 0.2) is 18.3 Å². The number of hydrogen-bond donors (Lipinski definition) is 1. The Morgan fingerprint density at radius 3 is 2.25 bits per heavy atom. The van der Waals surface area contributed by atoms with Crippen LogP contribution in [0.25, 0.3) is 0 Å².